The number of rotatable bonds is 4. The van der Waals surface area contributed by atoms with Gasteiger partial charge in [0.1, 0.15) is 11.5 Å². The molecule has 2 aromatic heterocycles. The van der Waals surface area contributed by atoms with E-state index in [1.807, 2.05) is 6.92 Å². The highest BCUT2D eigenvalue weighted by atomic mass is 16.5. The maximum Gasteiger partial charge on any atom is 0.229 e. The molecular weight excluding hydrogens is 242 g/mol. The number of nitrogens with zero attached hydrogens (tertiary/aromatic N) is 3. The Morgan fingerprint density at radius 2 is 2.16 bits per heavy atom. The van der Waals surface area contributed by atoms with E-state index in [0.29, 0.717) is 11.8 Å². The molecule has 6 nitrogen and oxygen atoms in total. The summed E-state index contributed by atoms with van der Waals surface area (Å²) in [5.41, 5.74) is 0.719. The maximum absolute atomic E-state index is 6.06. The number of ether oxygens (including phenoxy) is 1. The van der Waals surface area contributed by atoms with Gasteiger partial charge in [-0.3, -0.25) is 5.10 Å². The summed E-state index contributed by atoms with van der Waals surface area (Å²) in [6, 6.07) is 0. The molecule has 1 fully saturated rings. The van der Waals surface area contributed by atoms with Crippen LogP contribution in [0.4, 0.5) is 5.95 Å². The quantitative estimate of drug-likeness (QED) is 0.884. The molecule has 0 atom stereocenters. The number of aromatic amines is 1. The second-order valence-corrected chi connectivity index (χ2v) is 4.89. The Labute approximate surface area is 112 Å². The van der Waals surface area contributed by atoms with E-state index in [1.165, 1.54) is 19.3 Å². The van der Waals surface area contributed by atoms with Gasteiger partial charge in [0, 0.05) is 6.54 Å². The van der Waals surface area contributed by atoms with Crippen LogP contribution in [0, 0.1) is 0 Å². The Bertz CT molecular complexity index is 547. The first kappa shape index (κ1) is 12.2. The molecule has 0 saturated heterocycles. The lowest BCUT2D eigenvalue weighted by molar-refractivity contribution is 0.151. The number of hydrogen-bond donors (Lipinski definition) is 2. The van der Waals surface area contributed by atoms with Crippen LogP contribution in [0.15, 0.2) is 6.20 Å². The molecule has 2 heterocycles. The number of hydrogen-bond acceptors (Lipinski definition) is 5. The average Bonchev–Trinajstić information content (AvgIpc) is 2.89. The zero-order valence-electron chi connectivity index (χ0n) is 11.1. The summed E-state index contributed by atoms with van der Waals surface area (Å²) in [6.07, 6.45) is 8.02. The number of aromatic nitrogens is 4. The van der Waals surface area contributed by atoms with Crippen LogP contribution in [0.25, 0.3) is 11.0 Å². The highest BCUT2D eigenvalue weighted by Gasteiger charge is 2.18. The third kappa shape index (κ3) is 2.62. The number of fused-ring (bicyclic) bond motifs is 1. The summed E-state index contributed by atoms with van der Waals surface area (Å²) in [6.45, 7) is 2.80. The zero-order valence-corrected chi connectivity index (χ0v) is 11.1. The minimum absolute atomic E-state index is 0.274. The Morgan fingerprint density at radius 3 is 2.95 bits per heavy atom. The third-order valence-electron chi connectivity index (χ3n) is 3.44. The predicted molar refractivity (Wildman–Crippen MR) is 73.3 cm³/mol. The van der Waals surface area contributed by atoms with E-state index in [9.17, 15) is 0 Å². The first-order valence-corrected chi connectivity index (χ1v) is 6.98. The molecule has 0 spiro atoms. The smallest absolute Gasteiger partial charge is 0.229 e. The summed E-state index contributed by atoms with van der Waals surface area (Å²) in [7, 11) is 0. The summed E-state index contributed by atoms with van der Waals surface area (Å²) < 4.78 is 6.06. The monoisotopic (exact) mass is 261 g/mol. The Morgan fingerprint density at radius 1 is 1.32 bits per heavy atom. The van der Waals surface area contributed by atoms with Crippen LogP contribution in [0.2, 0.25) is 0 Å². The molecule has 19 heavy (non-hydrogen) atoms. The van der Waals surface area contributed by atoms with Crippen LogP contribution < -0.4 is 10.1 Å². The van der Waals surface area contributed by atoms with Crippen molar-refractivity contribution >= 4 is 17.0 Å². The molecule has 0 radical (unpaired) electrons. The molecule has 0 aromatic carbocycles. The van der Waals surface area contributed by atoms with E-state index in [-0.39, 0.29) is 6.10 Å². The highest BCUT2D eigenvalue weighted by molar-refractivity contribution is 5.80. The predicted octanol–water partition coefficient (Wildman–Crippen LogP) is 2.50. The van der Waals surface area contributed by atoms with Crippen molar-refractivity contribution in [1.29, 1.82) is 0 Å². The summed E-state index contributed by atoms with van der Waals surface area (Å²) in [5, 5.41) is 10.9. The minimum Gasteiger partial charge on any atom is -0.474 e. The molecule has 0 aliphatic heterocycles. The normalized spacial score (nSPS) is 16.7. The van der Waals surface area contributed by atoms with Crippen LogP contribution in [0.3, 0.4) is 0 Å². The molecule has 1 saturated carbocycles. The fourth-order valence-corrected chi connectivity index (χ4v) is 2.48. The van der Waals surface area contributed by atoms with Crippen molar-refractivity contribution < 1.29 is 4.74 Å². The Balaban J connectivity index is 1.88. The van der Waals surface area contributed by atoms with E-state index < -0.39 is 0 Å². The van der Waals surface area contributed by atoms with Crippen LogP contribution >= 0.6 is 0 Å². The van der Waals surface area contributed by atoms with Crippen molar-refractivity contribution in [2.24, 2.45) is 0 Å². The molecule has 6 heteroatoms. The Hall–Kier alpha value is -1.85. The number of anilines is 1. The van der Waals surface area contributed by atoms with Gasteiger partial charge in [-0.1, -0.05) is 6.42 Å². The molecule has 2 aromatic rings. The van der Waals surface area contributed by atoms with E-state index in [1.54, 1.807) is 6.20 Å². The summed E-state index contributed by atoms with van der Waals surface area (Å²) >= 11 is 0. The molecular formula is C13H19N5O. The van der Waals surface area contributed by atoms with Gasteiger partial charge in [0.15, 0.2) is 5.65 Å². The largest absolute Gasteiger partial charge is 0.474 e. The minimum atomic E-state index is 0.274. The van der Waals surface area contributed by atoms with Gasteiger partial charge in [-0.25, -0.2) is 0 Å². The van der Waals surface area contributed by atoms with Gasteiger partial charge in [-0.15, -0.1) is 0 Å². The lowest BCUT2D eigenvalue weighted by Crippen LogP contribution is -2.20. The van der Waals surface area contributed by atoms with Crippen LogP contribution in [-0.2, 0) is 0 Å². The molecule has 0 bridgehead atoms. The van der Waals surface area contributed by atoms with Gasteiger partial charge in [-0.05, 0) is 32.6 Å². The summed E-state index contributed by atoms with van der Waals surface area (Å²) in [5.74, 6) is 1.23. The standard InChI is InChI=1S/C13H19N5O/c1-2-14-13-16-11-10(8-15-18-11)12(17-13)19-9-6-4-3-5-7-9/h8-9H,2-7H2,1H3,(H2,14,15,16,17,18). The van der Waals surface area contributed by atoms with Crippen molar-refractivity contribution in [1.82, 2.24) is 20.2 Å². The molecule has 0 unspecified atom stereocenters. The SMILES string of the molecule is CCNc1nc(OC2CCCCC2)c2cn[nH]c2n1. The van der Waals surface area contributed by atoms with E-state index in [2.05, 4.69) is 25.5 Å². The molecule has 102 valence electrons. The molecule has 2 N–H and O–H groups in total. The van der Waals surface area contributed by atoms with E-state index in [0.717, 1.165) is 30.4 Å². The van der Waals surface area contributed by atoms with Gasteiger partial charge in [0.05, 0.1) is 6.20 Å². The van der Waals surface area contributed by atoms with Gasteiger partial charge in [0.2, 0.25) is 11.8 Å². The molecule has 0 amide bonds. The van der Waals surface area contributed by atoms with Gasteiger partial charge >= 0.3 is 0 Å². The summed E-state index contributed by atoms with van der Waals surface area (Å²) in [4.78, 5) is 8.81. The fourth-order valence-electron chi connectivity index (χ4n) is 2.48. The second-order valence-electron chi connectivity index (χ2n) is 4.89. The van der Waals surface area contributed by atoms with Crippen molar-refractivity contribution in [2.75, 3.05) is 11.9 Å². The fraction of sp³-hybridized carbons (Fsp3) is 0.615. The van der Waals surface area contributed by atoms with Crippen molar-refractivity contribution in [3.63, 3.8) is 0 Å². The molecule has 1 aliphatic carbocycles. The van der Waals surface area contributed by atoms with Crippen LogP contribution in [0.5, 0.6) is 5.88 Å². The van der Waals surface area contributed by atoms with Crippen molar-refractivity contribution in [3.8, 4) is 5.88 Å². The lowest BCUT2D eigenvalue weighted by Gasteiger charge is -2.22. The van der Waals surface area contributed by atoms with Crippen molar-refractivity contribution in [3.05, 3.63) is 6.20 Å². The first-order valence-electron chi connectivity index (χ1n) is 6.98. The second kappa shape index (κ2) is 5.42. The van der Waals surface area contributed by atoms with Gasteiger partial charge < -0.3 is 10.1 Å². The number of H-pyrrole nitrogens is 1. The van der Waals surface area contributed by atoms with Gasteiger partial charge in [-0.2, -0.15) is 15.1 Å². The topological polar surface area (TPSA) is 75.7 Å². The average molecular weight is 261 g/mol. The Kier molecular flexibility index (Phi) is 3.48. The van der Waals surface area contributed by atoms with Crippen LogP contribution in [0.1, 0.15) is 39.0 Å². The maximum atomic E-state index is 6.06. The van der Waals surface area contributed by atoms with E-state index >= 15 is 0 Å². The lowest BCUT2D eigenvalue weighted by atomic mass is 9.98. The van der Waals surface area contributed by atoms with E-state index in [4.69, 9.17) is 4.74 Å². The first-order chi connectivity index (χ1) is 9.36. The number of nitrogens with one attached hydrogen (secondary N) is 2. The molecule has 1 aliphatic rings. The third-order valence-corrected chi connectivity index (χ3v) is 3.44. The van der Waals surface area contributed by atoms with Gasteiger partial charge in [0.25, 0.3) is 0 Å². The zero-order chi connectivity index (χ0) is 13.1. The molecule has 3 rings (SSSR count). The highest BCUT2D eigenvalue weighted by Crippen LogP contribution is 2.27. The van der Waals surface area contributed by atoms with Crippen LogP contribution in [-0.4, -0.2) is 32.8 Å². The van der Waals surface area contributed by atoms with Crippen molar-refractivity contribution in [2.45, 2.75) is 45.1 Å².